The molecule has 0 bridgehead atoms. The monoisotopic (exact) mass is 253 g/mol. The third-order valence-electron chi connectivity index (χ3n) is 2.89. The van der Waals surface area contributed by atoms with Crippen molar-refractivity contribution < 1.29 is 5.11 Å². The van der Waals surface area contributed by atoms with Gasteiger partial charge in [0, 0.05) is 12.7 Å². The number of aryl methyl sites for hydroxylation is 1. The third kappa shape index (κ3) is 2.92. The molecule has 0 radical (unpaired) electrons. The molecule has 0 spiro atoms. The van der Waals surface area contributed by atoms with E-state index in [9.17, 15) is 5.11 Å². The second-order valence-electron chi connectivity index (χ2n) is 4.72. The number of pyridine rings is 1. The molecule has 3 N–H and O–H groups in total. The van der Waals surface area contributed by atoms with E-state index in [0.29, 0.717) is 10.8 Å². The molecule has 5 heteroatoms. The van der Waals surface area contributed by atoms with Gasteiger partial charge in [-0.05, 0) is 32.9 Å². The molecule has 1 aromatic heterocycles. The Kier molecular flexibility index (Phi) is 4.06. The molecule has 0 aliphatic carbocycles. The van der Waals surface area contributed by atoms with Crippen molar-refractivity contribution in [3.8, 4) is 0 Å². The average molecular weight is 253 g/mol. The molecule has 17 heavy (non-hydrogen) atoms. The number of thiocarbonyl (C=S) groups is 1. The normalized spacial score (nSPS) is 11.4. The maximum Gasteiger partial charge on any atom is 0.139 e. The van der Waals surface area contributed by atoms with Crippen LogP contribution in [0.25, 0.3) is 0 Å². The van der Waals surface area contributed by atoms with Crippen LogP contribution in [0.3, 0.4) is 0 Å². The van der Waals surface area contributed by atoms with E-state index < -0.39 is 5.54 Å². The summed E-state index contributed by atoms with van der Waals surface area (Å²) in [7, 11) is 1.87. The summed E-state index contributed by atoms with van der Waals surface area (Å²) < 4.78 is 0. The highest BCUT2D eigenvalue weighted by Crippen LogP contribution is 2.24. The van der Waals surface area contributed by atoms with Crippen LogP contribution < -0.4 is 10.6 Å². The van der Waals surface area contributed by atoms with Crippen LogP contribution in [-0.2, 0) is 0 Å². The lowest BCUT2D eigenvalue weighted by Crippen LogP contribution is -2.45. The van der Waals surface area contributed by atoms with Gasteiger partial charge < -0.3 is 15.7 Å². The van der Waals surface area contributed by atoms with Crippen LogP contribution in [0.5, 0.6) is 0 Å². The van der Waals surface area contributed by atoms with Crippen molar-refractivity contribution in [3.05, 3.63) is 23.4 Å². The Morgan fingerprint density at radius 3 is 2.59 bits per heavy atom. The maximum atomic E-state index is 9.39. The fourth-order valence-electron chi connectivity index (χ4n) is 1.38. The lowest BCUT2D eigenvalue weighted by molar-refractivity contribution is 0.215. The maximum absolute atomic E-state index is 9.39. The Labute approximate surface area is 107 Å². The van der Waals surface area contributed by atoms with E-state index in [1.165, 1.54) is 0 Å². The third-order valence-corrected chi connectivity index (χ3v) is 3.11. The molecular weight excluding hydrogens is 234 g/mol. The number of hydrogen-bond donors (Lipinski definition) is 2. The molecule has 1 heterocycles. The highest BCUT2D eigenvalue weighted by molar-refractivity contribution is 7.80. The van der Waals surface area contributed by atoms with E-state index >= 15 is 0 Å². The summed E-state index contributed by atoms with van der Waals surface area (Å²) >= 11 is 5.02. The molecule has 0 aliphatic heterocycles. The van der Waals surface area contributed by atoms with Crippen LogP contribution >= 0.6 is 12.2 Å². The van der Waals surface area contributed by atoms with Crippen molar-refractivity contribution in [2.75, 3.05) is 18.6 Å². The van der Waals surface area contributed by atoms with E-state index in [4.69, 9.17) is 18.0 Å². The summed E-state index contributed by atoms with van der Waals surface area (Å²) in [5.74, 6) is 0.705. The Morgan fingerprint density at radius 1 is 1.53 bits per heavy atom. The summed E-state index contributed by atoms with van der Waals surface area (Å²) in [5, 5.41) is 9.39. The van der Waals surface area contributed by atoms with Crippen molar-refractivity contribution in [2.24, 2.45) is 5.73 Å². The van der Waals surface area contributed by atoms with E-state index in [1.54, 1.807) is 0 Å². The van der Waals surface area contributed by atoms with Crippen molar-refractivity contribution in [2.45, 2.75) is 26.3 Å². The zero-order valence-electron chi connectivity index (χ0n) is 10.7. The van der Waals surface area contributed by atoms with Gasteiger partial charge in [-0.2, -0.15) is 0 Å². The Hall–Kier alpha value is -1.20. The second kappa shape index (κ2) is 4.98. The number of nitrogens with zero attached hydrogens (tertiary/aromatic N) is 2. The van der Waals surface area contributed by atoms with Gasteiger partial charge in [0.15, 0.2) is 0 Å². The largest absolute Gasteiger partial charge is 0.394 e. The zero-order valence-corrected chi connectivity index (χ0v) is 11.5. The molecule has 0 fully saturated rings. The molecule has 0 aromatic carbocycles. The molecule has 0 saturated heterocycles. The molecule has 94 valence electrons. The summed E-state index contributed by atoms with van der Waals surface area (Å²) in [6.45, 7) is 5.79. The fourth-order valence-corrected chi connectivity index (χ4v) is 1.54. The quantitative estimate of drug-likeness (QED) is 0.790. The highest BCUT2D eigenvalue weighted by atomic mass is 32.1. The van der Waals surface area contributed by atoms with E-state index in [2.05, 4.69) is 4.98 Å². The number of anilines is 1. The van der Waals surface area contributed by atoms with Gasteiger partial charge in [-0.15, -0.1) is 0 Å². The van der Waals surface area contributed by atoms with Gasteiger partial charge in [0.05, 0.1) is 17.7 Å². The Morgan fingerprint density at radius 2 is 2.12 bits per heavy atom. The van der Waals surface area contributed by atoms with Crippen LogP contribution in [0.15, 0.2) is 12.1 Å². The molecule has 0 amide bonds. The van der Waals surface area contributed by atoms with E-state index in [0.717, 1.165) is 11.3 Å². The summed E-state index contributed by atoms with van der Waals surface area (Å²) in [6, 6.07) is 3.74. The number of aliphatic hydroxyl groups is 1. The first-order valence-corrected chi connectivity index (χ1v) is 5.82. The van der Waals surface area contributed by atoms with Crippen molar-refractivity contribution >= 4 is 23.0 Å². The standard InChI is InChI=1S/C12H19N3OS/c1-8-5-6-9(10(13)17)11(14-8)15(4)12(2,3)7-16/h5-6,16H,7H2,1-4H3,(H2,13,17). The summed E-state index contributed by atoms with van der Waals surface area (Å²) in [5.41, 5.74) is 6.89. The lowest BCUT2D eigenvalue weighted by Gasteiger charge is -2.36. The average Bonchev–Trinajstić information content (AvgIpc) is 2.27. The van der Waals surface area contributed by atoms with Crippen molar-refractivity contribution in [3.63, 3.8) is 0 Å². The smallest absolute Gasteiger partial charge is 0.139 e. The van der Waals surface area contributed by atoms with Gasteiger partial charge >= 0.3 is 0 Å². The van der Waals surface area contributed by atoms with Gasteiger partial charge in [-0.3, -0.25) is 0 Å². The molecule has 4 nitrogen and oxygen atoms in total. The number of aromatic nitrogens is 1. The van der Waals surface area contributed by atoms with Crippen LogP contribution in [-0.4, -0.2) is 34.3 Å². The van der Waals surface area contributed by atoms with Gasteiger partial charge in [0.1, 0.15) is 10.8 Å². The van der Waals surface area contributed by atoms with Crippen LogP contribution in [0.4, 0.5) is 5.82 Å². The lowest BCUT2D eigenvalue weighted by atomic mass is 10.0. The summed E-state index contributed by atoms with van der Waals surface area (Å²) in [6.07, 6.45) is 0. The first-order chi connectivity index (χ1) is 7.79. The molecule has 1 aromatic rings. The minimum absolute atomic E-state index is 0.0237. The predicted octanol–water partition coefficient (Wildman–Crippen LogP) is 1.23. The number of hydrogen-bond acceptors (Lipinski definition) is 4. The van der Waals surface area contributed by atoms with Crippen LogP contribution in [0.2, 0.25) is 0 Å². The molecular formula is C12H19N3OS. The molecule has 0 saturated carbocycles. The van der Waals surface area contributed by atoms with Gasteiger partial charge in [-0.25, -0.2) is 4.98 Å². The molecule has 0 aliphatic rings. The SMILES string of the molecule is Cc1ccc(C(N)=S)c(N(C)C(C)(C)CO)n1. The molecule has 0 unspecified atom stereocenters. The van der Waals surface area contributed by atoms with Crippen molar-refractivity contribution in [1.82, 2.24) is 4.98 Å². The fraction of sp³-hybridized carbons (Fsp3) is 0.500. The molecule has 0 atom stereocenters. The van der Waals surface area contributed by atoms with Crippen LogP contribution in [0.1, 0.15) is 25.1 Å². The summed E-state index contributed by atoms with van der Waals surface area (Å²) in [4.78, 5) is 6.67. The number of aliphatic hydroxyl groups excluding tert-OH is 1. The number of rotatable bonds is 4. The second-order valence-corrected chi connectivity index (χ2v) is 5.16. The first kappa shape index (κ1) is 13.9. The minimum Gasteiger partial charge on any atom is -0.394 e. The zero-order chi connectivity index (χ0) is 13.2. The Balaban J connectivity index is 3.29. The van der Waals surface area contributed by atoms with Gasteiger partial charge in [0.25, 0.3) is 0 Å². The van der Waals surface area contributed by atoms with Crippen molar-refractivity contribution in [1.29, 1.82) is 0 Å². The Bertz CT molecular complexity index is 432. The predicted molar refractivity (Wildman–Crippen MR) is 74.4 cm³/mol. The van der Waals surface area contributed by atoms with Crippen LogP contribution in [0, 0.1) is 6.92 Å². The van der Waals surface area contributed by atoms with E-state index in [1.807, 2.05) is 44.9 Å². The minimum atomic E-state index is -0.416. The number of nitrogens with two attached hydrogens (primary N) is 1. The highest BCUT2D eigenvalue weighted by Gasteiger charge is 2.26. The van der Waals surface area contributed by atoms with Gasteiger partial charge in [-0.1, -0.05) is 12.2 Å². The molecule has 1 rings (SSSR count). The topological polar surface area (TPSA) is 62.4 Å². The first-order valence-electron chi connectivity index (χ1n) is 5.41. The van der Waals surface area contributed by atoms with Gasteiger partial charge in [0.2, 0.25) is 0 Å². The number of likely N-dealkylation sites (N-methyl/N-ethyl adjacent to an activating group) is 1. The van der Waals surface area contributed by atoms with E-state index in [-0.39, 0.29) is 6.61 Å².